The van der Waals surface area contributed by atoms with Gasteiger partial charge in [-0.25, -0.2) is 0 Å². The normalized spacial score (nSPS) is 59.0. The Morgan fingerprint density at radius 1 is 1.35 bits per heavy atom. The molecule has 0 N–H and O–H groups in total. The van der Waals surface area contributed by atoms with Gasteiger partial charge in [0.2, 0.25) is 0 Å². The lowest BCUT2D eigenvalue weighted by Crippen LogP contribution is -2.33. The number of hydrogen-bond donors (Lipinski definition) is 0. The smallest absolute Gasteiger partial charge is 0.331 e. The molecular formula is C14H25O5P. The Hall–Kier alpha value is 0.0700. The molecule has 0 aliphatic carbocycles. The van der Waals surface area contributed by atoms with Gasteiger partial charge in [-0.2, -0.15) is 0 Å². The van der Waals surface area contributed by atoms with Crippen molar-refractivity contribution in [1.29, 1.82) is 0 Å². The van der Waals surface area contributed by atoms with Crippen LogP contribution >= 0.6 is 7.60 Å². The van der Waals surface area contributed by atoms with Crippen molar-refractivity contribution in [2.45, 2.75) is 51.4 Å². The Labute approximate surface area is 125 Å². The Bertz CT molecular complexity index is 468. The first kappa shape index (κ1) is 11.6. The maximum Gasteiger partial charge on any atom is 0.331 e. The highest BCUT2D eigenvalue weighted by Crippen LogP contribution is 2.56. The first-order valence-electron chi connectivity index (χ1n) is 9.13. The first-order chi connectivity index (χ1) is 10.9. The number of ether oxygens (including phenoxy) is 2. The third kappa shape index (κ3) is 3.12. The fourth-order valence-corrected chi connectivity index (χ4v) is 5.34. The van der Waals surface area contributed by atoms with Gasteiger partial charge in [0.1, 0.15) is 0 Å². The first-order valence-corrected chi connectivity index (χ1v) is 8.99. The molecule has 3 aliphatic heterocycles. The summed E-state index contributed by atoms with van der Waals surface area (Å²) in [6.45, 7) is 1.15. The van der Waals surface area contributed by atoms with Gasteiger partial charge in [0.25, 0.3) is 0 Å². The molecule has 3 aliphatic rings. The van der Waals surface area contributed by atoms with E-state index in [4.69, 9.17) is 22.6 Å². The van der Waals surface area contributed by atoms with Crippen LogP contribution in [0.5, 0.6) is 0 Å². The number of hydrogen-bond acceptors (Lipinski definition) is 5. The zero-order chi connectivity index (χ0) is 16.6. The molecule has 0 unspecified atom stereocenters. The van der Waals surface area contributed by atoms with Crippen LogP contribution in [0, 0.1) is 11.8 Å². The summed E-state index contributed by atoms with van der Waals surface area (Å²) in [5.74, 6) is 0.325. The molecule has 116 valence electrons. The molecular weight excluding hydrogens is 279 g/mol. The molecule has 6 heteroatoms. The fourth-order valence-electron chi connectivity index (χ4n) is 3.11. The van der Waals surface area contributed by atoms with E-state index in [0.29, 0.717) is 19.4 Å². The molecule has 3 saturated heterocycles. The standard InChI is InChI=1S/C14H25O5P/c1-10-3-6-17-14(10)12-4-8-18-20(15,9-12)19-13-5-7-16-11(13)2/h10-14H,3-9H2,1-2H3/t10-,11+,12+,13-,14-,20-/m0/s1/i2D,6T,7T/t6-,7-,10+,11-,12-,13+,14+,20+/m1. The van der Waals surface area contributed by atoms with Crippen molar-refractivity contribution < 1.29 is 27.2 Å². The topological polar surface area (TPSA) is 54.0 Å². The minimum Gasteiger partial charge on any atom is -0.378 e. The maximum atomic E-state index is 13.0. The van der Waals surface area contributed by atoms with Gasteiger partial charge >= 0.3 is 7.60 Å². The third-order valence-corrected chi connectivity index (χ3v) is 6.38. The molecule has 3 fully saturated rings. The van der Waals surface area contributed by atoms with Crippen molar-refractivity contribution in [2.75, 3.05) is 25.9 Å². The summed E-state index contributed by atoms with van der Waals surface area (Å²) in [5.41, 5.74) is 0. The van der Waals surface area contributed by atoms with Crippen molar-refractivity contribution >= 4 is 7.60 Å². The van der Waals surface area contributed by atoms with Crippen molar-refractivity contribution in [3.05, 3.63) is 0 Å². The third-order valence-electron chi connectivity index (χ3n) is 4.29. The number of rotatable bonds is 3. The molecule has 3 rings (SSSR count). The molecule has 5 nitrogen and oxygen atoms in total. The van der Waals surface area contributed by atoms with E-state index in [1.54, 1.807) is 0 Å². The average Bonchev–Trinajstić information content (AvgIpc) is 3.00. The molecule has 0 amide bonds. The van der Waals surface area contributed by atoms with Crippen molar-refractivity contribution in [2.24, 2.45) is 11.8 Å². The van der Waals surface area contributed by atoms with Crippen molar-refractivity contribution in [3.8, 4) is 0 Å². The molecule has 0 aromatic heterocycles. The summed E-state index contributed by atoms with van der Waals surface area (Å²) in [4.78, 5) is 0. The lowest BCUT2D eigenvalue weighted by molar-refractivity contribution is 0.0207. The Kier molecular flexibility index (Phi) is 3.52. The predicted molar refractivity (Wildman–Crippen MR) is 75.0 cm³/mol. The second kappa shape index (κ2) is 6.05. The van der Waals surface area contributed by atoms with Gasteiger partial charge in [-0.3, -0.25) is 4.57 Å². The largest absolute Gasteiger partial charge is 0.378 e. The van der Waals surface area contributed by atoms with Crippen LogP contribution in [0.4, 0.5) is 0 Å². The molecule has 0 bridgehead atoms. The monoisotopic (exact) mass is 309 g/mol. The maximum absolute atomic E-state index is 13.0. The average molecular weight is 309 g/mol. The Morgan fingerprint density at radius 3 is 2.95 bits per heavy atom. The zero-order valence-electron chi connectivity index (χ0n) is 14.8. The van der Waals surface area contributed by atoms with Crippen molar-refractivity contribution in [1.82, 2.24) is 0 Å². The minimum atomic E-state index is -3.28. The van der Waals surface area contributed by atoms with Gasteiger partial charge in [-0.05, 0) is 31.6 Å². The zero-order valence-corrected chi connectivity index (χ0v) is 12.7. The molecule has 8 atom stereocenters. The minimum absolute atomic E-state index is 0.0211. The highest BCUT2D eigenvalue weighted by Gasteiger charge is 2.43. The van der Waals surface area contributed by atoms with Crippen LogP contribution in [-0.4, -0.2) is 44.2 Å². The predicted octanol–water partition coefficient (Wildman–Crippen LogP) is 2.84. The van der Waals surface area contributed by atoms with Gasteiger partial charge in [0.05, 0.1) is 33.8 Å². The molecule has 3 heterocycles. The molecule has 20 heavy (non-hydrogen) atoms. The van der Waals surface area contributed by atoms with Crippen LogP contribution in [0.2, 0.25) is 0 Å². The van der Waals surface area contributed by atoms with Gasteiger partial charge in [-0.1, -0.05) is 6.92 Å². The van der Waals surface area contributed by atoms with E-state index in [-0.39, 0.29) is 31.0 Å². The Morgan fingerprint density at radius 2 is 2.20 bits per heavy atom. The van der Waals surface area contributed by atoms with E-state index < -0.39 is 33.0 Å². The van der Waals surface area contributed by atoms with Crippen LogP contribution < -0.4 is 0 Å². The molecule has 0 aromatic carbocycles. The van der Waals surface area contributed by atoms with Gasteiger partial charge in [0.15, 0.2) is 0 Å². The molecule has 0 spiro atoms. The van der Waals surface area contributed by atoms with Gasteiger partial charge < -0.3 is 18.5 Å². The van der Waals surface area contributed by atoms with Crippen LogP contribution in [0.1, 0.15) is 37.2 Å². The van der Waals surface area contributed by atoms with Crippen LogP contribution in [0.15, 0.2) is 0 Å². The summed E-state index contributed by atoms with van der Waals surface area (Å²) in [6.07, 6.45) is 0.918. The fraction of sp³-hybridized carbons (Fsp3) is 1.00. The van der Waals surface area contributed by atoms with Gasteiger partial charge in [0, 0.05) is 21.0 Å². The van der Waals surface area contributed by atoms with E-state index in [0.717, 1.165) is 6.42 Å². The van der Waals surface area contributed by atoms with E-state index in [2.05, 4.69) is 6.92 Å². The van der Waals surface area contributed by atoms with E-state index in [1.165, 1.54) is 0 Å². The summed E-state index contributed by atoms with van der Waals surface area (Å²) in [6, 6.07) is 0. The van der Waals surface area contributed by atoms with E-state index >= 15 is 0 Å². The lowest BCUT2D eigenvalue weighted by Gasteiger charge is -2.34. The summed E-state index contributed by atoms with van der Waals surface area (Å²) in [5, 5.41) is 0. The summed E-state index contributed by atoms with van der Waals surface area (Å²) in [7, 11) is -3.28. The Balaban J connectivity index is 1.64. The lowest BCUT2D eigenvalue weighted by atomic mass is 9.91. The SMILES string of the molecule is [2H]C[C@H]1O[C@H]([3H])C[C@@H]1O[P@]1(=O)C[C@H]([C@H]2O[C@H]([3H])C[C@@H]2C)CCO1. The highest BCUT2D eigenvalue weighted by atomic mass is 31.2. The molecule has 0 saturated carbocycles. The second-order valence-electron chi connectivity index (χ2n) is 5.88. The molecule has 0 radical (unpaired) electrons. The molecule has 0 aromatic rings. The van der Waals surface area contributed by atoms with Crippen LogP contribution in [0.25, 0.3) is 0 Å². The van der Waals surface area contributed by atoms with Crippen LogP contribution in [0.3, 0.4) is 0 Å². The van der Waals surface area contributed by atoms with Crippen LogP contribution in [-0.2, 0) is 23.1 Å². The van der Waals surface area contributed by atoms with Gasteiger partial charge in [-0.15, -0.1) is 0 Å². The van der Waals surface area contributed by atoms with E-state index in [1.807, 2.05) is 0 Å². The summed E-state index contributed by atoms with van der Waals surface area (Å²) < 4.78 is 58.0. The summed E-state index contributed by atoms with van der Waals surface area (Å²) >= 11 is 0. The second-order valence-corrected chi connectivity index (χ2v) is 7.93. The quantitative estimate of drug-likeness (QED) is 0.750. The van der Waals surface area contributed by atoms with Crippen molar-refractivity contribution in [3.63, 3.8) is 0 Å². The van der Waals surface area contributed by atoms with E-state index in [9.17, 15) is 4.57 Å². The highest BCUT2D eigenvalue weighted by molar-refractivity contribution is 7.53.